The van der Waals surface area contributed by atoms with Gasteiger partial charge in [0.1, 0.15) is 5.82 Å². The van der Waals surface area contributed by atoms with Gasteiger partial charge in [-0.3, -0.25) is 0 Å². The van der Waals surface area contributed by atoms with E-state index in [2.05, 4.69) is 21.4 Å². The number of rotatable bonds is 4. The molecule has 0 atom stereocenters. The van der Waals surface area contributed by atoms with Gasteiger partial charge in [-0.2, -0.15) is 5.26 Å². The molecule has 4 nitrogen and oxygen atoms in total. The van der Waals surface area contributed by atoms with Crippen LogP contribution in [0.3, 0.4) is 0 Å². The average molecular weight is 150 g/mol. The highest BCUT2D eigenvalue weighted by Gasteiger charge is 1.91. The maximum absolute atomic E-state index is 8.21. The first-order valence-corrected chi connectivity index (χ1v) is 3.49. The molecule has 1 aromatic heterocycles. The zero-order chi connectivity index (χ0) is 7.94. The Morgan fingerprint density at radius 3 is 3.27 bits per heavy atom. The summed E-state index contributed by atoms with van der Waals surface area (Å²) in [5.41, 5.74) is 0. The highest BCUT2D eigenvalue weighted by atomic mass is 15.0. The van der Waals surface area contributed by atoms with Crippen LogP contribution < -0.4 is 5.32 Å². The van der Waals surface area contributed by atoms with Gasteiger partial charge in [0.05, 0.1) is 12.6 Å². The molecule has 11 heavy (non-hydrogen) atoms. The van der Waals surface area contributed by atoms with Gasteiger partial charge in [0.2, 0.25) is 0 Å². The molecular weight excluding hydrogens is 140 g/mol. The molecule has 0 amide bonds. The third-order valence-corrected chi connectivity index (χ3v) is 1.26. The minimum absolute atomic E-state index is 0.542. The van der Waals surface area contributed by atoms with Crippen molar-refractivity contribution in [3.8, 4) is 6.07 Å². The number of nitrogens with zero attached hydrogens (tertiary/aromatic N) is 2. The zero-order valence-electron chi connectivity index (χ0n) is 6.17. The molecule has 4 heteroatoms. The summed E-state index contributed by atoms with van der Waals surface area (Å²) < 4.78 is 0. The van der Waals surface area contributed by atoms with E-state index >= 15 is 0 Å². The van der Waals surface area contributed by atoms with E-state index in [0.717, 1.165) is 12.4 Å². The van der Waals surface area contributed by atoms with Crippen molar-refractivity contribution in [2.24, 2.45) is 0 Å². The van der Waals surface area contributed by atoms with Crippen LogP contribution in [-0.4, -0.2) is 16.5 Å². The quantitative estimate of drug-likeness (QED) is 0.611. The minimum atomic E-state index is 0.542. The van der Waals surface area contributed by atoms with Crippen LogP contribution in [0.2, 0.25) is 0 Å². The van der Waals surface area contributed by atoms with Gasteiger partial charge < -0.3 is 10.3 Å². The summed E-state index contributed by atoms with van der Waals surface area (Å²) in [5, 5.41) is 11.3. The summed E-state index contributed by atoms with van der Waals surface area (Å²) in [5.74, 6) is 0.905. The van der Waals surface area contributed by atoms with Gasteiger partial charge in [-0.25, -0.2) is 4.98 Å². The summed E-state index contributed by atoms with van der Waals surface area (Å²) >= 11 is 0. The van der Waals surface area contributed by atoms with Gasteiger partial charge in [0, 0.05) is 25.4 Å². The number of H-pyrrole nitrogens is 1. The number of nitriles is 1. The Hall–Kier alpha value is -1.34. The van der Waals surface area contributed by atoms with Gasteiger partial charge in [-0.05, 0) is 0 Å². The number of hydrogen-bond acceptors (Lipinski definition) is 3. The first kappa shape index (κ1) is 7.76. The van der Waals surface area contributed by atoms with E-state index in [9.17, 15) is 0 Å². The fourth-order valence-corrected chi connectivity index (χ4v) is 0.746. The summed E-state index contributed by atoms with van der Waals surface area (Å²) in [7, 11) is 0. The van der Waals surface area contributed by atoms with Gasteiger partial charge in [-0.1, -0.05) is 0 Å². The molecule has 0 aliphatic rings. The van der Waals surface area contributed by atoms with E-state index in [1.807, 2.05) is 0 Å². The first-order chi connectivity index (χ1) is 5.43. The average Bonchev–Trinajstić information content (AvgIpc) is 2.50. The smallest absolute Gasteiger partial charge is 0.120 e. The molecule has 1 heterocycles. The lowest BCUT2D eigenvalue weighted by atomic mass is 10.4. The van der Waals surface area contributed by atoms with Crippen LogP contribution in [0.15, 0.2) is 12.4 Å². The van der Waals surface area contributed by atoms with Gasteiger partial charge >= 0.3 is 0 Å². The monoisotopic (exact) mass is 150 g/mol. The van der Waals surface area contributed by atoms with Crippen molar-refractivity contribution in [3.63, 3.8) is 0 Å². The van der Waals surface area contributed by atoms with Crippen LogP contribution >= 0.6 is 0 Å². The number of aromatic amines is 1. The van der Waals surface area contributed by atoms with E-state index in [-0.39, 0.29) is 0 Å². The summed E-state index contributed by atoms with van der Waals surface area (Å²) in [4.78, 5) is 6.97. The zero-order valence-corrected chi connectivity index (χ0v) is 6.17. The molecule has 0 aromatic carbocycles. The Kier molecular flexibility index (Phi) is 3.16. The fourth-order valence-electron chi connectivity index (χ4n) is 0.746. The summed E-state index contributed by atoms with van der Waals surface area (Å²) in [6.07, 6.45) is 4.03. The standard InChI is InChI=1S/C7H10N4/c8-2-1-3-9-6-7-10-4-5-11-7/h4-5,9H,1,3,6H2,(H,10,11). The van der Waals surface area contributed by atoms with Crippen LogP contribution in [0, 0.1) is 11.3 Å². The second-order valence-electron chi connectivity index (χ2n) is 2.12. The van der Waals surface area contributed by atoms with Gasteiger partial charge in [0.15, 0.2) is 0 Å². The lowest BCUT2D eigenvalue weighted by Gasteiger charge is -1.96. The molecule has 0 spiro atoms. The molecular formula is C7H10N4. The summed E-state index contributed by atoms with van der Waals surface area (Å²) in [6.45, 7) is 1.42. The molecule has 0 radical (unpaired) electrons. The Balaban J connectivity index is 2.10. The Morgan fingerprint density at radius 1 is 1.73 bits per heavy atom. The van der Waals surface area contributed by atoms with Crippen molar-refractivity contribution in [2.45, 2.75) is 13.0 Å². The molecule has 0 saturated heterocycles. The lowest BCUT2D eigenvalue weighted by molar-refractivity contribution is 0.675. The molecule has 1 aromatic rings. The molecule has 0 fully saturated rings. The highest BCUT2D eigenvalue weighted by Crippen LogP contribution is 1.85. The third-order valence-electron chi connectivity index (χ3n) is 1.26. The van der Waals surface area contributed by atoms with E-state index in [0.29, 0.717) is 13.0 Å². The van der Waals surface area contributed by atoms with Crippen molar-refractivity contribution in [1.29, 1.82) is 5.26 Å². The van der Waals surface area contributed by atoms with Crippen LogP contribution in [-0.2, 0) is 6.54 Å². The molecule has 0 unspecified atom stereocenters. The molecule has 0 bridgehead atoms. The van der Waals surface area contributed by atoms with Crippen molar-refractivity contribution < 1.29 is 0 Å². The van der Waals surface area contributed by atoms with Crippen molar-refractivity contribution in [3.05, 3.63) is 18.2 Å². The normalized spacial score (nSPS) is 9.36. The van der Waals surface area contributed by atoms with Crippen LogP contribution in [0.5, 0.6) is 0 Å². The van der Waals surface area contributed by atoms with Gasteiger partial charge in [0.25, 0.3) is 0 Å². The number of hydrogen-bond donors (Lipinski definition) is 2. The van der Waals surface area contributed by atoms with E-state index in [1.165, 1.54) is 0 Å². The molecule has 0 saturated carbocycles. The maximum atomic E-state index is 8.21. The molecule has 2 N–H and O–H groups in total. The largest absolute Gasteiger partial charge is 0.348 e. The maximum Gasteiger partial charge on any atom is 0.120 e. The number of imidazole rings is 1. The highest BCUT2D eigenvalue weighted by molar-refractivity contribution is 4.86. The Bertz CT molecular complexity index is 221. The number of nitrogens with one attached hydrogen (secondary N) is 2. The second-order valence-corrected chi connectivity index (χ2v) is 2.12. The topological polar surface area (TPSA) is 64.5 Å². The van der Waals surface area contributed by atoms with E-state index < -0.39 is 0 Å². The first-order valence-electron chi connectivity index (χ1n) is 3.49. The molecule has 0 aliphatic carbocycles. The van der Waals surface area contributed by atoms with E-state index in [4.69, 9.17) is 5.26 Å². The third kappa shape index (κ3) is 2.83. The van der Waals surface area contributed by atoms with Crippen molar-refractivity contribution in [2.75, 3.05) is 6.54 Å². The van der Waals surface area contributed by atoms with Crippen LogP contribution in [0.1, 0.15) is 12.2 Å². The van der Waals surface area contributed by atoms with Gasteiger partial charge in [-0.15, -0.1) is 0 Å². The Morgan fingerprint density at radius 2 is 2.64 bits per heavy atom. The molecule has 1 rings (SSSR count). The van der Waals surface area contributed by atoms with Crippen LogP contribution in [0.4, 0.5) is 0 Å². The molecule has 58 valence electrons. The summed E-state index contributed by atoms with van der Waals surface area (Å²) in [6, 6.07) is 2.05. The van der Waals surface area contributed by atoms with Crippen molar-refractivity contribution >= 4 is 0 Å². The molecule has 0 aliphatic heterocycles. The van der Waals surface area contributed by atoms with Crippen molar-refractivity contribution in [1.82, 2.24) is 15.3 Å². The Labute approximate surface area is 65.3 Å². The SMILES string of the molecule is N#CCCNCc1ncc[nH]1. The predicted molar refractivity (Wildman–Crippen MR) is 40.5 cm³/mol. The fraction of sp³-hybridized carbons (Fsp3) is 0.429. The minimum Gasteiger partial charge on any atom is -0.348 e. The van der Waals surface area contributed by atoms with Crippen LogP contribution in [0.25, 0.3) is 0 Å². The number of aromatic nitrogens is 2. The second kappa shape index (κ2) is 4.47. The van der Waals surface area contributed by atoms with E-state index in [1.54, 1.807) is 12.4 Å². The predicted octanol–water partition coefficient (Wildman–Crippen LogP) is 0.413. The lowest BCUT2D eigenvalue weighted by Crippen LogP contribution is -2.14.